The molecule has 0 amide bonds. The van der Waals surface area contributed by atoms with Crippen LogP contribution in [0.4, 0.5) is 0 Å². The number of aromatic amines is 1. The summed E-state index contributed by atoms with van der Waals surface area (Å²) in [6.45, 7) is 0.598. The van der Waals surface area contributed by atoms with Gasteiger partial charge in [0, 0.05) is 22.7 Å². The molecule has 0 saturated heterocycles. The lowest BCUT2D eigenvalue weighted by molar-refractivity contribution is 0.318. The van der Waals surface area contributed by atoms with Crippen molar-refractivity contribution in [2.75, 3.05) is 6.54 Å². The van der Waals surface area contributed by atoms with Gasteiger partial charge in [-0.15, -0.1) is 0 Å². The summed E-state index contributed by atoms with van der Waals surface area (Å²) >= 11 is 0. The molecule has 1 heterocycles. The van der Waals surface area contributed by atoms with E-state index in [1.165, 1.54) is 0 Å². The molecule has 0 saturated carbocycles. The Morgan fingerprint density at radius 3 is 2.94 bits per heavy atom. The Bertz CT molecular complexity index is 530. The third-order valence-corrected chi connectivity index (χ3v) is 2.58. The Hall–Kier alpha value is -2.01. The van der Waals surface area contributed by atoms with Crippen LogP contribution in [0.2, 0.25) is 0 Å². The second-order valence-electron chi connectivity index (χ2n) is 3.60. The Balaban J connectivity index is 2.54. The molecule has 0 bridgehead atoms. The molecule has 0 spiro atoms. The van der Waals surface area contributed by atoms with Gasteiger partial charge in [0.2, 0.25) is 0 Å². The number of nitrogens with one attached hydrogen (secondary N) is 1. The van der Waals surface area contributed by atoms with Crippen molar-refractivity contribution in [2.45, 2.75) is 6.42 Å². The summed E-state index contributed by atoms with van der Waals surface area (Å²) < 4.78 is 0. The zero-order chi connectivity index (χ0) is 11.5. The first-order chi connectivity index (χ1) is 7.76. The molecule has 2 aromatic rings. The molecule has 0 atom stereocenters. The minimum Gasteiger partial charge on any atom is -0.409 e. The fourth-order valence-corrected chi connectivity index (χ4v) is 1.76. The number of aromatic nitrogens is 1. The predicted molar refractivity (Wildman–Crippen MR) is 63.6 cm³/mol. The van der Waals surface area contributed by atoms with E-state index in [0.29, 0.717) is 12.1 Å². The molecule has 5 nitrogen and oxygen atoms in total. The van der Waals surface area contributed by atoms with Gasteiger partial charge in [0.15, 0.2) is 5.84 Å². The second kappa shape index (κ2) is 4.24. The molecule has 0 aliphatic rings. The molecule has 5 heteroatoms. The van der Waals surface area contributed by atoms with E-state index in [2.05, 4.69) is 10.1 Å². The number of benzene rings is 1. The number of nitrogens with zero attached hydrogens (tertiary/aromatic N) is 1. The Kier molecular flexibility index (Phi) is 2.78. The highest BCUT2D eigenvalue weighted by molar-refractivity contribution is 6.00. The van der Waals surface area contributed by atoms with Gasteiger partial charge in [0.1, 0.15) is 0 Å². The maximum atomic E-state index is 8.62. The van der Waals surface area contributed by atoms with Crippen molar-refractivity contribution in [3.63, 3.8) is 0 Å². The van der Waals surface area contributed by atoms with Gasteiger partial charge < -0.3 is 21.7 Å². The number of H-pyrrole nitrogens is 1. The first kappa shape index (κ1) is 10.5. The molecule has 6 N–H and O–H groups in total. The lowest BCUT2D eigenvalue weighted by atomic mass is 10.1. The number of hydrogen-bond donors (Lipinski definition) is 4. The molecule has 84 valence electrons. The third kappa shape index (κ3) is 1.72. The maximum Gasteiger partial charge on any atom is 0.170 e. The second-order valence-corrected chi connectivity index (χ2v) is 3.60. The van der Waals surface area contributed by atoms with E-state index >= 15 is 0 Å². The summed E-state index contributed by atoms with van der Waals surface area (Å²) in [4.78, 5) is 3.16. The fourth-order valence-electron chi connectivity index (χ4n) is 1.76. The van der Waals surface area contributed by atoms with E-state index in [9.17, 15) is 0 Å². The summed E-state index contributed by atoms with van der Waals surface area (Å²) in [6, 6.07) is 5.61. The lowest BCUT2D eigenvalue weighted by Crippen LogP contribution is -2.12. The zero-order valence-electron chi connectivity index (χ0n) is 8.77. The van der Waals surface area contributed by atoms with Crippen LogP contribution in [0.3, 0.4) is 0 Å². The largest absolute Gasteiger partial charge is 0.409 e. The molecule has 1 aromatic heterocycles. The van der Waals surface area contributed by atoms with Gasteiger partial charge in [-0.25, -0.2) is 0 Å². The van der Waals surface area contributed by atoms with Crippen LogP contribution in [0.5, 0.6) is 0 Å². The van der Waals surface area contributed by atoms with E-state index in [1.807, 2.05) is 18.3 Å². The fraction of sp³-hybridized carbons (Fsp3) is 0.182. The lowest BCUT2D eigenvalue weighted by Gasteiger charge is -2.00. The van der Waals surface area contributed by atoms with E-state index in [4.69, 9.17) is 16.7 Å². The molecule has 16 heavy (non-hydrogen) atoms. The molecule has 0 radical (unpaired) electrons. The molecule has 1 aromatic carbocycles. The van der Waals surface area contributed by atoms with Crippen LogP contribution in [0.15, 0.2) is 29.6 Å². The maximum absolute atomic E-state index is 8.62. The van der Waals surface area contributed by atoms with Crippen molar-refractivity contribution in [1.82, 2.24) is 4.98 Å². The minimum atomic E-state index is 0.113. The summed E-state index contributed by atoms with van der Waals surface area (Å²) in [5, 5.41) is 12.7. The summed E-state index contributed by atoms with van der Waals surface area (Å²) in [7, 11) is 0. The predicted octanol–water partition coefficient (Wildman–Crippen LogP) is 0.764. The summed E-state index contributed by atoms with van der Waals surface area (Å²) in [5.74, 6) is 0.113. The number of rotatable bonds is 3. The molecule has 0 unspecified atom stereocenters. The van der Waals surface area contributed by atoms with Gasteiger partial charge in [0.05, 0.1) is 0 Å². The van der Waals surface area contributed by atoms with Crippen molar-refractivity contribution in [2.24, 2.45) is 16.6 Å². The average molecular weight is 218 g/mol. The highest BCUT2D eigenvalue weighted by Gasteiger charge is 2.06. The van der Waals surface area contributed by atoms with Gasteiger partial charge in [-0.3, -0.25) is 0 Å². The van der Waals surface area contributed by atoms with Gasteiger partial charge in [-0.2, -0.15) is 0 Å². The van der Waals surface area contributed by atoms with Crippen molar-refractivity contribution >= 4 is 16.7 Å². The van der Waals surface area contributed by atoms with Gasteiger partial charge >= 0.3 is 0 Å². The highest BCUT2D eigenvalue weighted by Crippen LogP contribution is 2.20. The first-order valence-electron chi connectivity index (χ1n) is 5.04. The minimum absolute atomic E-state index is 0.113. The van der Waals surface area contributed by atoms with E-state index < -0.39 is 0 Å². The van der Waals surface area contributed by atoms with Crippen molar-refractivity contribution in [1.29, 1.82) is 0 Å². The van der Waals surface area contributed by atoms with Crippen molar-refractivity contribution < 1.29 is 5.21 Å². The van der Waals surface area contributed by atoms with Crippen LogP contribution in [0.1, 0.15) is 11.1 Å². The quantitative estimate of drug-likeness (QED) is 0.265. The third-order valence-electron chi connectivity index (χ3n) is 2.58. The molecule has 0 aliphatic carbocycles. The monoisotopic (exact) mass is 218 g/mol. The molecular weight excluding hydrogens is 204 g/mol. The van der Waals surface area contributed by atoms with Crippen LogP contribution < -0.4 is 11.5 Å². The van der Waals surface area contributed by atoms with Crippen LogP contribution in [-0.4, -0.2) is 22.6 Å². The summed E-state index contributed by atoms with van der Waals surface area (Å²) in [5.41, 5.74) is 13.9. The highest BCUT2D eigenvalue weighted by atomic mass is 16.4. The smallest absolute Gasteiger partial charge is 0.170 e. The number of hydrogen-bond acceptors (Lipinski definition) is 3. The SMILES string of the molecule is NCCc1c[nH]c2ccc(/C(N)=N\O)cc12. The topological polar surface area (TPSA) is 100 Å². The Morgan fingerprint density at radius 1 is 1.44 bits per heavy atom. The average Bonchev–Trinajstić information content (AvgIpc) is 2.71. The van der Waals surface area contributed by atoms with Crippen LogP contribution in [0, 0.1) is 0 Å². The van der Waals surface area contributed by atoms with E-state index in [-0.39, 0.29) is 5.84 Å². The number of amidine groups is 1. The van der Waals surface area contributed by atoms with Gasteiger partial charge in [-0.05, 0) is 36.7 Å². The molecule has 0 fully saturated rings. The standard InChI is InChI=1S/C11H14N4O/c12-4-3-8-6-14-10-2-1-7(5-9(8)10)11(13)15-16/h1-2,5-6,14,16H,3-4,12H2,(H2,13,15). The number of nitrogens with two attached hydrogens (primary N) is 2. The van der Waals surface area contributed by atoms with Crippen molar-refractivity contribution in [3.05, 3.63) is 35.5 Å². The Labute approximate surface area is 92.7 Å². The first-order valence-corrected chi connectivity index (χ1v) is 5.04. The van der Waals surface area contributed by atoms with E-state index in [0.717, 1.165) is 22.9 Å². The van der Waals surface area contributed by atoms with Crippen LogP contribution in [-0.2, 0) is 6.42 Å². The molecule has 2 rings (SSSR count). The number of oxime groups is 1. The zero-order valence-corrected chi connectivity index (χ0v) is 8.77. The van der Waals surface area contributed by atoms with Crippen molar-refractivity contribution in [3.8, 4) is 0 Å². The Morgan fingerprint density at radius 2 is 2.25 bits per heavy atom. The van der Waals surface area contributed by atoms with Crippen LogP contribution in [0.25, 0.3) is 10.9 Å². The number of fused-ring (bicyclic) bond motifs is 1. The molecular formula is C11H14N4O. The van der Waals surface area contributed by atoms with Gasteiger partial charge in [0.25, 0.3) is 0 Å². The molecule has 0 aliphatic heterocycles. The summed E-state index contributed by atoms with van der Waals surface area (Å²) in [6.07, 6.45) is 2.74. The van der Waals surface area contributed by atoms with Crippen LogP contribution >= 0.6 is 0 Å². The van der Waals surface area contributed by atoms with E-state index in [1.54, 1.807) is 6.07 Å². The van der Waals surface area contributed by atoms with Gasteiger partial charge in [-0.1, -0.05) is 5.16 Å². The normalized spacial score (nSPS) is 12.2.